The summed E-state index contributed by atoms with van der Waals surface area (Å²) < 4.78 is 0. The van der Waals surface area contributed by atoms with Gasteiger partial charge in [0.2, 0.25) is 0 Å². The number of carbonyl (C=O) groups is 1. The van der Waals surface area contributed by atoms with E-state index in [0.29, 0.717) is 5.92 Å². The van der Waals surface area contributed by atoms with Gasteiger partial charge in [-0.2, -0.15) is 11.8 Å². The number of thioether (sulfide) groups is 1. The first-order valence-corrected chi connectivity index (χ1v) is 5.18. The first-order chi connectivity index (χ1) is 5.66. The zero-order chi connectivity index (χ0) is 9.40. The predicted molar refractivity (Wildman–Crippen MR) is 52.3 cm³/mol. The summed E-state index contributed by atoms with van der Waals surface area (Å²) in [7, 11) is 0. The van der Waals surface area contributed by atoms with Crippen LogP contribution in [0.2, 0.25) is 0 Å². The molecule has 3 nitrogen and oxygen atoms in total. The van der Waals surface area contributed by atoms with E-state index in [9.17, 15) is 4.79 Å². The van der Waals surface area contributed by atoms with Crippen LogP contribution >= 0.6 is 11.8 Å². The topological polar surface area (TPSA) is 49.3 Å². The number of hydrogen-bond donors (Lipinski definition) is 2. The van der Waals surface area contributed by atoms with Gasteiger partial charge in [0, 0.05) is 18.8 Å². The van der Waals surface area contributed by atoms with Crippen LogP contribution in [0.4, 0.5) is 0 Å². The van der Waals surface area contributed by atoms with Crippen LogP contribution in [0.1, 0.15) is 6.92 Å². The minimum atomic E-state index is -0.917. The van der Waals surface area contributed by atoms with Crippen LogP contribution in [-0.2, 0) is 4.79 Å². The molecule has 0 bridgehead atoms. The Morgan fingerprint density at radius 2 is 2.42 bits per heavy atom. The zero-order valence-electron chi connectivity index (χ0n) is 7.41. The molecule has 0 saturated carbocycles. The zero-order valence-corrected chi connectivity index (χ0v) is 8.23. The van der Waals surface area contributed by atoms with Gasteiger partial charge >= 0.3 is 5.97 Å². The summed E-state index contributed by atoms with van der Waals surface area (Å²) in [5.41, 5.74) is 0. The SMILES string of the molecule is CSCC(C)CN/C=C/C(=O)O. The summed E-state index contributed by atoms with van der Waals surface area (Å²) in [5, 5.41) is 11.2. The monoisotopic (exact) mass is 189 g/mol. The predicted octanol–water partition coefficient (Wildman–Crippen LogP) is 1.17. The molecular weight excluding hydrogens is 174 g/mol. The average Bonchev–Trinajstić information content (AvgIpc) is 1.98. The van der Waals surface area contributed by atoms with Gasteiger partial charge < -0.3 is 10.4 Å². The molecule has 1 unspecified atom stereocenters. The van der Waals surface area contributed by atoms with E-state index in [2.05, 4.69) is 18.5 Å². The van der Waals surface area contributed by atoms with Gasteiger partial charge in [0.1, 0.15) is 0 Å². The molecule has 4 heteroatoms. The van der Waals surface area contributed by atoms with Crippen molar-refractivity contribution in [2.75, 3.05) is 18.6 Å². The fourth-order valence-electron chi connectivity index (χ4n) is 0.743. The smallest absolute Gasteiger partial charge is 0.329 e. The minimum absolute atomic E-state index is 0.568. The van der Waals surface area contributed by atoms with Crippen molar-refractivity contribution in [1.82, 2.24) is 5.32 Å². The highest BCUT2D eigenvalue weighted by Crippen LogP contribution is 2.02. The van der Waals surface area contributed by atoms with Crippen LogP contribution in [0, 0.1) is 5.92 Å². The molecule has 0 aliphatic heterocycles. The molecule has 0 aliphatic carbocycles. The lowest BCUT2D eigenvalue weighted by atomic mass is 10.2. The van der Waals surface area contributed by atoms with E-state index >= 15 is 0 Å². The summed E-state index contributed by atoms with van der Waals surface area (Å²) >= 11 is 1.79. The Bertz CT molecular complexity index is 159. The summed E-state index contributed by atoms with van der Waals surface area (Å²) in [6.07, 6.45) is 4.63. The van der Waals surface area contributed by atoms with Crippen molar-refractivity contribution < 1.29 is 9.90 Å². The van der Waals surface area contributed by atoms with Gasteiger partial charge in [-0.1, -0.05) is 6.92 Å². The number of rotatable bonds is 6. The quantitative estimate of drug-likeness (QED) is 0.616. The second-order valence-electron chi connectivity index (χ2n) is 2.64. The first-order valence-electron chi connectivity index (χ1n) is 3.78. The Hall–Kier alpha value is -0.640. The summed E-state index contributed by atoms with van der Waals surface area (Å²) in [4.78, 5) is 10.0. The third-order valence-electron chi connectivity index (χ3n) is 1.26. The highest BCUT2D eigenvalue weighted by atomic mass is 32.2. The summed E-state index contributed by atoms with van der Waals surface area (Å²) in [6.45, 7) is 2.95. The summed E-state index contributed by atoms with van der Waals surface area (Å²) in [6, 6.07) is 0. The van der Waals surface area contributed by atoms with Crippen molar-refractivity contribution in [2.24, 2.45) is 5.92 Å². The minimum Gasteiger partial charge on any atom is -0.478 e. The Balaban J connectivity index is 3.36. The number of aliphatic carboxylic acids is 1. The maximum Gasteiger partial charge on any atom is 0.329 e. The van der Waals surface area contributed by atoms with Gasteiger partial charge in [0.15, 0.2) is 0 Å². The van der Waals surface area contributed by atoms with Crippen molar-refractivity contribution in [1.29, 1.82) is 0 Å². The molecule has 0 aromatic heterocycles. The molecular formula is C8H15NO2S. The average molecular weight is 189 g/mol. The van der Waals surface area contributed by atoms with E-state index in [1.165, 1.54) is 6.20 Å². The molecule has 0 amide bonds. The van der Waals surface area contributed by atoms with Crippen molar-refractivity contribution in [3.05, 3.63) is 12.3 Å². The van der Waals surface area contributed by atoms with Crippen LogP contribution in [0.15, 0.2) is 12.3 Å². The molecule has 0 rings (SSSR count). The second kappa shape index (κ2) is 7.03. The fraction of sp³-hybridized carbons (Fsp3) is 0.625. The van der Waals surface area contributed by atoms with Crippen molar-refractivity contribution >= 4 is 17.7 Å². The Kier molecular flexibility index (Phi) is 6.66. The molecule has 1 atom stereocenters. The molecule has 12 heavy (non-hydrogen) atoms. The largest absolute Gasteiger partial charge is 0.478 e. The van der Waals surface area contributed by atoms with Gasteiger partial charge in [-0.25, -0.2) is 4.79 Å². The molecule has 0 aromatic carbocycles. The van der Waals surface area contributed by atoms with E-state index in [0.717, 1.165) is 18.4 Å². The van der Waals surface area contributed by atoms with E-state index in [1.54, 1.807) is 11.8 Å². The van der Waals surface area contributed by atoms with E-state index in [4.69, 9.17) is 5.11 Å². The highest BCUT2D eigenvalue weighted by Gasteiger charge is 1.97. The molecule has 2 N–H and O–H groups in total. The van der Waals surface area contributed by atoms with Crippen molar-refractivity contribution in [3.8, 4) is 0 Å². The molecule has 0 spiro atoms. The van der Waals surface area contributed by atoms with Crippen LogP contribution in [-0.4, -0.2) is 29.6 Å². The normalized spacial score (nSPS) is 13.2. The van der Waals surface area contributed by atoms with Gasteiger partial charge in [-0.05, 0) is 17.9 Å². The first kappa shape index (κ1) is 11.4. The van der Waals surface area contributed by atoms with Crippen LogP contribution < -0.4 is 5.32 Å². The van der Waals surface area contributed by atoms with E-state index in [-0.39, 0.29) is 0 Å². The van der Waals surface area contributed by atoms with Gasteiger partial charge in [-0.3, -0.25) is 0 Å². The Labute approximate surface area is 77.2 Å². The summed E-state index contributed by atoms with van der Waals surface area (Å²) in [5.74, 6) is 0.743. The van der Waals surface area contributed by atoms with Crippen molar-refractivity contribution in [3.63, 3.8) is 0 Å². The Morgan fingerprint density at radius 1 is 1.75 bits per heavy atom. The molecule has 0 heterocycles. The lowest BCUT2D eigenvalue weighted by Gasteiger charge is -2.08. The van der Waals surface area contributed by atoms with Crippen LogP contribution in [0.3, 0.4) is 0 Å². The third-order valence-corrected chi connectivity index (χ3v) is 2.16. The molecule has 0 fully saturated rings. The van der Waals surface area contributed by atoms with Gasteiger partial charge in [-0.15, -0.1) is 0 Å². The fourth-order valence-corrected chi connectivity index (χ4v) is 1.43. The number of carboxylic acid groups (broad SMARTS) is 1. The molecule has 0 saturated heterocycles. The standard InChI is InChI=1S/C8H15NO2S/c1-7(6-12-2)5-9-4-3-8(10)11/h3-4,7,9H,5-6H2,1-2H3,(H,10,11)/b4-3+. The Morgan fingerprint density at radius 3 is 2.92 bits per heavy atom. The van der Waals surface area contributed by atoms with Gasteiger partial charge in [0.25, 0.3) is 0 Å². The lowest BCUT2D eigenvalue weighted by molar-refractivity contribution is -0.131. The van der Waals surface area contributed by atoms with Crippen LogP contribution in [0.25, 0.3) is 0 Å². The van der Waals surface area contributed by atoms with E-state index < -0.39 is 5.97 Å². The number of carboxylic acids is 1. The molecule has 0 aromatic rings. The van der Waals surface area contributed by atoms with Crippen molar-refractivity contribution in [2.45, 2.75) is 6.92 Å². The number of hydrogen-bond acceptors (Lipinski definition) is 3. The molecule has 0 radical (unpaired) electrons. The molecule has 70 valence electrons. The lowest BCUT2D eigenvalue weighted by Crippen LogP contribution is -2.17. The molecule has 0 aliphatic rings. The maximum absolute atomic E-state index is 10.0. The maximum atomic E-state index is 10.0. The van der Waals surface area contributed by atoms with Crippen LogP contribution in [0.5, 0.6) is 0 Å². The number of nitrogens with one attached hydrogen (secondary N) is 1. The second-order valence-corrected chi connectivity index (χ2v) is 3.55. The van der Waals surface area contributed by atoms with E-state index in [1.807, 2.05) is 0 Å². The highest BCUT2D eigenvalue weighted by molar-refractivity contribution is 7.98. The third kappa shape index (κ3) is 7.47. The van der Waals surface area contributed by atoms with Gasteiger partial charge in [0.05, 0.1) is 0 Å².